The van der Waals surface area contributed by atoms with Gasteiger partial charge in [0.05, 0.1) is 17.8 Å². The maximum Gasteiger partial charge on any atom is 0.0734 e. The van der Waals surface area contributed by atoms with Crippen LogP contribution in [0.15, 0.2) is 0 Å². The second-order valence-electron chi connectivity index (χ2n) is 7.28. The van der Waals surface area contributed by atoms with Crippen LogP contribution in [0, 0.1) is 0 Å². The van der Waals surface area contributed by atoms with Crippen molar-refractivity contribution in [3.8, 4) is 0 Å². The van der Waals surface area contributed by atoms with Gasteiger partial charge in [0.2, 0.25) is 0 Å². The largest absolute Gasteiger partial charge is 0.390 e. The fourth-order valence-electron chi connectivity index (χ4n) is 4.38. The van der Waals surface area contributed by atoms with E-state index >= 15 is 0 Å². The zero-order chi connectivity index (χ0) is 13.3. The van der Waals surface area contributed by atoms with E-state index in [1.165, 1.54) is 45.2 Å². The first kappa shape index (κ1) is 13.8. The zero-order valence-electron chi connectivity index (χ0n) is 12.4. The molecule has 3 rings (SSSR count). The van der Waals surface area contributed by atoms with Gasteiger partial charge in [-0.1, -0.05) is 19.3 Å². The van der Waals surface area contributed by atoms with Gasteiger partial charge in [-0.25, -0.2) is 0 Å². The van der Waals surface area contributed by atoms with E-state index in [9.17, 15) is 5.11 Å². The summed E-state index contributed by atoms with van der Waals surface area (Å²) in [6.45, 7) is 5.04. The number of piperidine rings is 1. The molecule has 3 nitrogen and oxygen atoms in total. The summed E-state index contributed by atoms with van der Waals surface area (Å²) in [6.07, 6.45) is 10.9. The molecule has 1 N–H and O–H groups in total. The molecule has 0 aromatic rings. The minimum atomic E-state index is -0.509. The summed E-state index contributed by atoms with van der Waals surface area (Å²) in [5.74, 6) is 0. The first-order valence-electron chi connectivity index (χ1n) is 8.19. The number of ether oxygens (including phenoxy) is 1. The van der Waals surface area contributed by atoms with Gasteiger partial charge in [-0.15, -0.1) is 0 Å². The highest BCUT2D eigenvalue weighted by Crippen LogP contribution is 2.40. The van der Waals surface area contributed by atoms with E-state index in [2.05, 4.69) is 4.90 Å². The molecule has 3 heteroatoms. The van der Waals surface area contributed by atoms with E-state index in [1.807, 2.05) is 6.92 Å². The predicted molar refractivity (Wildman–Crippen MR) is 76.2 cm³/mol. The number of hydrogen-bond donors (Lipinski definition) is 1. The average molecular weight is 267 g/mol. The lowest BCUT2D eigenvalue weighted by Gasteiger charge is -2.50. The Balaban J connectivity index is 1.56. The Morgan fingerprint density at radius 1 is 1.05 bits per heavy atom. The summed E-state index contributed by atoms with van der Waals surface area (Å²) >= 11 is 0. The molecular formula is C16H29NO2. The molecule has 1 aliphatic carbocycles. The number of rotatable bonds is 1. The van der Waals surface area contributed by atoms with Crippen LogP contribution in [0.2, 0.25) is 0 Å². The lowest BCUT2D eigenvalue weighted by atomic mass is 9.77. The molecule has 1 saturated carbocycles. The van der Waals surface area contributed by atoms with Gasteiger partial charge in [-0.3, -0.25) is 0 Å². The molecule has 0 bridgehead atoms. The van der Waals surface area contributed by atoms with Crippen molar-refractivity contribution in [2.75, 3.05) is 19.7 Å². The average Bonchev–Trinajstić information content (AvgIpc) is 2.39. The molecule has 1 spiro atoms. The maximum atomic E-state index is 10.3. The fraction of sp³-hybridized carbons (Fsp3) is 1.00. The van der Waals surface area contributed by atoms with E-state index in [-0.39, 0.29) is 5.60 Å². The van der Waals surface area contributed by atoms with E-state index in [4.69, 9.17) is 4.74 Å². The lowest BCUT2D eigenvalue weighted by molar-refractivity contribution is -0.175. The van der Waals surface area contributed by atoms with E-state index in [1.54, 1.807) is 0 Å². The summed E-state index contributed by atoms with van der Waals surface area (Å²) < 4.78 is 6.09. The lowest BCUT2D eigenvalue weighted by Crippen LogP contribution is -2.55. The second kappa shape index (κ2) is 5.34. The molecule has 2 aliphatic heterocycles. The van der Waals surface area contributed by atoms with Gasteiger partial charge in [0.25, 0.3) is 0 Å². The smallest absolute Gasteiger partial charge is 0.0734 e. The van der Waals surface area contributed by atoms with Gasteiger partial charge in [0.1, 0.15) is 0 Å². The molecule has 1 unspecified atom stereocenters. The quantitative estimate of drug-likeness (QED) is 0.793. The summed E-state index contributed by atoms with van der Waals surface area (Å²) in [4.78, 5) is 2.69. The number of nitrogens with zero attached hydrogens (tertiary/aromatic N) is 1. The van der Waals surface area contributed by atoms with Crippen molar-refractivity contribution >= 4 is 0 Å². The van der Waals surface area contributed by atoms with Crippen LogP contribution in [-0.2, 0) is 4.74 Å². The Morgan fingerprint density at radius 3 is 2.37 bits per heavy atom. The topological polar surface area (TPSA) is 32.7 Å². The second-order valence-corrected chi connectivity index (χ2v) is 7.28. The van der Waals surface area contributed by atoms with Gasteiger partial charge in [0.15, 0.2) is 0 Å². The van der Waals surface area contributed by atoms with Crippen molar-refractivity contribution in [3.05, 3.63) is 0 Å². The molecule has 0 amide bonds. The Bertz CT molecular complexity index is 302. The van der Waals surface area contributed by atoms with Crippen LogP contribution in [0.5, 0.6) is 0 Å². The molecule has 110 valence electrons. The molecule has 1 atom stereocenters. The van der Waals surface area contributed by atoms with Gasteiger partial charge < -0.3 is 14.7 Å². The summed E-state index contributed by atoms with van der Waals surface area (Å²) in [5.41, 5.74) is -0.530. The molecular weight excluding hydrogens is 238 g/mol. The van der Waals surface area contributed by atoms with Crippen LogP contribution in [0.4, 0.5) is 0 Å². The van der Waals surface area contributed by atoms with Crippen molar-refractivity contribution in [3.63, 3.8) is 0 Å². The highest BCUT2D eigenvalue weighted by molar-refractivity contribution is 4.97. The highest BCUT2D eigenvalue weighted by Gasteiger charge is 2.44. The van der Waals surface area contributed by atoms with E-state index in [0.717, 1.165) is 38.3 Å². The van der Waals surface area contributed by atoms with E-state index < -0.39 is 5.60 Å². The number of likely N-dealkylation sites (tertiary alicyclic amines) is 1. The molecule has 0 aromatic heterocycles. The Kier molecular flexibility index (Phi) is 3.89. The number of aliphatic hydroxyl groups is 1. The van der Waals surface area contributed by atoms with Crippen LogP contribution < -0.4 is 0 Å². The van der Waals surface area contributed by atoms with Crippen molar-refractivity contribution in [2.24, 2.45) is 0 Å². The molecule has 3 aliphatic rings. The molecule has 2 saturated heterocycles. The van der Waals surface area contributed by atoms with Gasteiger partial charge in [0, 0.05) is 25.6 Å². The Hall–Kier alpha value is -0.120. The molecule has 19 heavy (non-hydrogen) atoms. The summed E-state index contributed by atoms with van der Waals surface area (Å²) in [7, 11) is 0. The minimum absolute atomic E-state index is 0.0209. The normalized spacial score (nSPS) is 37.6. The summed E-state index contributed by atoms with van der Waals surface area (Å²) in [5, 5.41) is 10.3. The molecule has 3 fully saturated rings. The van der Waals surface area contributed by atoms with Gasteiger partial charge in [-0.2, -0.15) is 0 Å². The van der Waals surface area contributed by atoms with Crippen LogP contribution in [0.1, 0.15) is 64.7 Å². The van der Waals surface area contributed by atoms with Gasteiger partial charge in [-0.05, 0) is 39.0 Å². The van der Waals surface area contributed by atoms with Crippen molar-refractivity contribution in [1.82, 2.24) is 4.90 Å². The predicted octanol–water partition coefficient (Wildman–Crippen LogP) is 2.72. The molecule has 0 radical (unpaired) electrons. The van der Waals surface area contributed by atoms with Crippen molar-refractivity contribution in [1.29, 1.82) is 0 Å². The zero-order valence-corrected chi connectivity index (χ0v) is 12.4. The first-order valence-corrected chi connectivity index (χ1v) is 8.19. The Labute approximate surface area is 117 Å². The van der Waals surface area contributed by atoms with E-state index in [0.29, 0.717) is 0 Å². The third kappa shape index (κ3) is 3.14. The van der Waals surface area contributed by atoms with Crippen LogP contribution >= 0.6 is 0 Å². The highest BCUT2D eigenvalue weighted by atomic mass is 16.5. The maximum absolute atomic E-state index is 10.3. The first-order chi connectivity index (χ1) is 9.09. The fourth-order valence-corrected chi connectivity index (χ4v) is 4.38. The van der Waals surface area contributed by atoms with Crippen molar-refractivity contribution in [2.45, 2.75) is 82.0 Å². The number of hydrogen-bond acceptors (Lipinski definition) is 3. The summed E-state index contributed by atoms with van der Waals surface area (Å²) in [6, 6.07) is 0.829. The molecule has 2 heterocycles. The van der Waals surface area contributed by atoms with Crippen LogP contribution in [0.25, 0.3) is 0 Å². The Morgan fingerprint density at radius 2 is 1.74 bits per heavy atom. The molecule has 0 aromatic carbocycles. The SMILES string of the molecule is CC1(O)CCOC2(CCN(C3CCCCC3)CC2)C1. The third-order valence-corrected chi connectivity index (χ3v) is 5.55. The van der Waals surface area contributed by atoms with Crippen LogP contribution in [0.3, 0.4) is 0 Å². The third-order valence-electron chi connectivity index (χ3n) is 5.55. The minimum Gasteiger partial charge on any atom is -0.390 e. The van der Waals surface area contributed by atoms with Crippen LogP contribution in [-0.4, -0.2) is 46.9 Å². The monoisotopic (exact) mass is 267 g/mol. The standard InChI is InChI=1S/C16H29NO2/c1-15(18)9-12-19-16(13-15)7-10-17(11-8-16)14-5-3-2-4-6-14/h14,18H,2-13H2,1H3. The van der Waals surface area contributed by atoms with Crippen molar-refractivity contribution < 1.29 is 9.84 Å². The van der Waals surface area contributed by atoms with Gasteiger partial charge >= 0.3 is 0 Å².